The molecule has 2 heterocycles. The molecule has 0 spiro atoms. The second-order valence-corrected chi connectivity index (χ2v) is 8.95. The van der Waals surface area contributed by atoms with Crippen molar-refractivity contribution in [1.82, 2.24) is 13.6 Å². The standard InChI is InChI=1S/C19H25N3O2S/c1-15-7-4-8-16(13-15)18-10-5-11-19(20-18)17-9-6-12-22(14-17)25(23,24)21(2)3/h4-5,7-8,10-11,13,17H,6,9,12,14H2,1-3H3/t17-/m1/s1. The third-order valence-corrected chi connectivity index (χ3v) is 6.58. The Morgan fingerprint density at radius 2 is 1.92 bits per heavy atom. The number of piperidine rings is 1. The minimum atomic E-state index is -3.37. The van der Waals surface area contributed by atoms with E-state index in [2.05, 4.69) is 25.1 Å². The molecular weight excluding hydrogens is 334 g/mol. The Kier molecular flexibility index (Phi) is 5.22. The molecule has 0 unspecified atom stereocenters. The molecule has 5 nitrogen and oxygen atoms in total. The van der Waals surface area contributed by atoms with Crippen molar-refractivity contribution in [2.45, 2.75) is 25.7 Å². The van der Waals surface area contributed by atoms with Gasteiger partial charge in [0.05, 0.1) is 5.69 Å². The van der Waals surface area contributed by atoms with Crippen LogP contribution < -0.4 is 0 Å². The number of pyridine rings is 1. The number of aryl methyl sites for hydroxylation is 1. The predicted molar refractivity (Wildman–Crippen MR) is 101 cm³/mol. The number of aromatic nitrogens is 1. The molecule has 0 saturated carbocycles. The Hall–Kier alpha value is -1.76. The molecule has 2 aromatic rings. The lowest BCUT2D eigenvalue weighted by molar-refractivity contribution is 0.296. The molecule has 0 amide bonds. The van der Waals surface area contributed by atoms with E-state index in [9.17, 15) is 8.42 Å². The van der Waals surface area contributed by atoms with Crippen LogP contribution in [0.5, 0.6) is 0 Å². The molecule has 0 radical (unpaired) electrons. The molecule has 3 rings (SSSR count). The summed E-state index contributed by atoms with van der Waals surface area (Å²) in [5.41, 5.74) is 4.20. The van der Waals surface area contributed by atoms with E-state index >= 15 is 0 Å². The second kappa shape index (κ2) is 7.23. The third-order valence-electron chi connectivity index (χ3n) is 4.67. The maximum atomic E-state index is 12.4. The van der Waals surface area contributed by atoms with Gasteiger partial charge in [-0.2, -0.15) is 17.0 Å². The zero-order valence-corrected chi connectivity index (χ0v) is 15.8. The SMILES string of the molecule is Cc1cccc(-c2cccc([C@@H]3CCCN(S(=O)(=O)N(C)C)C3)n2)c1. The molecule has 1 saturated heterocycles. The molecule has 6 heteroatoms. The van der Waals surface area contributed by atoms with Gasteiger partial charge in [-0.1, -0.05) is 29.8 Å². The molecule has 1 atom stereocenters. The molecule has 1 fully saturated rings. The topological polar surface area (TPSA) is 53.5 Å². The molecule has 134 valence electrons. The summed E-state index contributed by atoms with van der Waals surface area (Å²) in [7, 11) is -0.212. The minimum absolute atomic E-state index is 0.133. The second-order valence-electron chi connectivity index (χ2n) is 6.80. The summed E-state index contributed by atoms with van der Waals surface area (Å²) >= 11 is 0. The lowest BCUT2D eigenvalue weighted by atomic mass is 9.95. The summed E-state index contributed by atoms with van der Waals surface area (Å²) in [4.78, 5) is 4.83. The van der Waals surface area contributed by atoms with Crippen LogP contribution in [0.1, 0.15) is 30.0 Å². The lowest BCUT2D eigenvalue weighted by Gasteiger charge is -2.33. The fourth-order valence-electron chi connectivity index (χ4n) is 3.27. The number of benzene rings is 1. The van der Waals surface area contributed by atoms with E-state index in [-0.39, 0.29) is 5.92 Å². The Morgan fingerprint density at radius 3 is 2.64 bits per heavy atom. The maximum absolute atomic E-state index is 12.4. The van der Waals surface area contributed by atoms with Crippen molar-refractivity contribution in [2.24, 2.45) is 0 Å². The van der Waals surface area contributed by atoms with E-state index in [0.29, 0.717) is 13.1 Å². The predicted octanol–water partition coefficient (Wildman–Crippen LogP) is 3.04. The van der Waals surface area contributed by atoms with Gasteiger partial charge in [-0.15, -0.1) is 0 Å². The normalized spacial score (nSPS) is 19.3. The van der Waals surface area contributed by atoms with E-state index in [4.69, 9.17) is 4.98 Å². The Morgan fingerprint density at radius 1 is 1.16 bits per heavy atom. The van der Waals surface area contributed by atoms with Crippen molar-refractivity contribution in [3.63, 3.8) is 0 Å². The molecule has 25 heavy (non-hydrogen) atoms. The van der Waals surface area contributed by atoms with Gasteiger partial charge in [0.2, 0.25) is 0 Å². The van der Waals surface area contributed by atoms with Crippen LogP contribution in [0.3, 0.4) is 0 Å². The van der Waals surface area contributed by atoms with Crippen LogP contribution in [0, 0.1) is 6.92 Å². The van der Waals surface area contributed by atoms with E-state index in [0.717, 1.165) is 29.8 Å². The fraction of sp³-hybridized carbons (Fsp3) is 0.421. The van der Waals surface area contributed by atoms with E-state index < -0.39 is 10.2 Å². The zero-order chi connectivity index (χ0) is 18.0. The van der Waals surface area contributed by atoms with E-state index in [1.165, 1.54) is 9.87 Å². The molecule has 1 aromatic carbocycles. The first-order valence-corrected chi connectivity index (χ1v) is 9.99. The van der Waals surface area contributed by atoms with Crippen molar-refractivity contribution < 1.29 is 8.42 Å². The van der Waals surface area contributed by atoms with Gasteiger partial charge in [-0.25, -0.2) is 0 Å². The van der Waals surface area contributed by atoms with E-state index in [1.807, 2.05) is 24.3 Å². The Bertz CT molecular complexity index is 849. The van der Waals surface area contributed by atoms with Gasteiger partial charge in [0.15, 0.2) is 0 Å². The molecule has 1 aliphatic heterocycles. The zero-order valence-electron chi connectivity index (χ0n) is 15.0. The van der Waals surface area contributed by atoms with Crippen LogP contribution >= 0.6 is 0 Å². The smallest absolute Gasteiger partial charge is 0.252 e. The van der Waals surface area contributed by atoms with Gasteiger partial charge in [-0.05, 0) is 38.0 Å². The van der Waals surface area contributed by atoms with Crippen molar-refractivity contribution in [3.05, 3.63) is 53.7 Å². The highest BCUT2D eigenvalue weighted by Crippen LogP contribution is 2.29. The molecular formula is C19H25N3O2S. The van der Waals surface area contributed by atoms with Gasteiger partial charge in [0, 0.05) is 44.4 Å². The lowest BCUT2D eigenvalue weighted by Crippen LogP contribution is -2.45. The van der Waals surface area contributed by atoms with Crippen molar-refractivity contribution >= 4 is 10.2 Å². The monoisotopic (exact) mass is 359 g/mol. The van der Waals surface area contributed by atoms with Crippen LogP contribution in [0.4, 0.5) is 0 Å². The van der Waals surface area contributed by atoms with Gasteiger partial charge in [-0.3, -0.25) is 4.98 Å². The van der Waals surface area contributed by atoms with Crippen LogP contribution in [0.25, 0.3) is 11.3 Å². The summed E-state index contributed by atoms with van der Waals surface area (Å²) in [6.45, 7) is 3.14. The summed E-state index contributed by atoms with van der Waals surface area (Å²) in [6, 6.07) is 14.3. The molecule has 0 aliphatic carbocycles. The maximum Gasteiger partial charge on any atom is 0.281 e. The number of rotatable bonds is 4. The highest BCUT2D eigenvalue weighted by molar-refractivity contribution is 7.86. The van der Waals surface area contributed by atoms with Crippen LogP contribution in [-0.4, -0.2) is 49.2 Å². The number of hydrogen-bond donors (Lipinski definition) is 0. The number of hydrogen-bond acceptors (Lipinski definition) is 3. The molecule has 1 aromatic heterocycles. The van der Waals surface area contributed by atoms with Crippen LogP contribution in [0.15, 0.2) is 42.5 Å². The highest BCUT2D eigenvalue weighted by Gasteiger charge is 2.31. The molecule has 1 aliphatic rings. The van der Waals surface area contributed by atoms with E-state index in [1.54, 1.807) is 18.4 Å². The first kappa shape index (κ1) is 18.0. The van der Waals surface area contributed by atoms with Crippen LogP contribution in [0.2, 0.25) is 0 Å². The Balaban J connectivity index is 1.86. The van der Waals surface area contributed by atoms with Gasteiger partial charge >= 0.3 is 0 Å². The highest BCUT2D eigenvalue weighted by atomic mass is 32.2. The van der Waals surface area contributed by atoms with Crippen LogP contribution in [-0.2, 0) is 10.2 Å². The van der Waals surface area contributed by atoms with Crippen molar-refractivity contribution in [2.75, 3.05) is 27.2 Å². The first-order valence-electron chi connectivity index (χ1n) is 8.59. The number of nitrogens with zero attached hydrogens (tertiary/aromatic N) is 3. The van der Waals surface area contributed by atoms with Gasteiger partial charge in [0.25, 0.3) is 10.2 Å². The molecule has 0 bridgehead atoms. The van der Waals surface area contributed by atoms with Gasteiger partial charge in [0.1, 0.15) is 0 Å². The fourth-order valence-corrected chi connectivity index (χ4v) is 4.46. The third kappa shape index (κ3) is 3.92. The van der Waals surface area contributed by atoms with Gasteiger partial charge < -0.3 is 0 Å². The van der Waals surface area contributed by atoms with Crippen molar-refractivity contribution in [1.29, 1.82) is 0 Å². The summed E-state index contributed by atoms with van der Waals surface area (Å²) in [5.74, 6) is 0.133. The largest absolute Gasteiger partial charge is 0.281 e. The summed E-state index contributed by atoms with van der Waals surface area (Å²) in [5, 5.41) is 0. The summed E-state index contributed by atoms with van der Waals surface area (Å²) < 4.78 is 27.7. The summed E-state index contributed by atoms with van der Waals surface area (Å²) in [6.07, 6.45) is 1.82. The minimum Gasteiger partial charge on any atom is -0.252 e. The Labute approximate surface area is 150 Å². The average molecular weight is 359 g/mol. The van der Waals surface area contributed by atoms with Crippen molar-refractivity contribution in [3.8, 4) is 11.3 Å². The first-order chi connectivity index (χ1) is 11.9. The quantitative estimate of drug-likeness (QED) is 0.843. The molecule has 0 N–H and O–H groups in total. The average Bonchev–Trinajstić information content (AvgIpc) is 2.62.